The first kappa shape index (κ1) is 20.0. The highest BCUT2D eigenvalue weighted by Gasteiger charge is 2.14. The third-order valence-electron chi connectivity index (χ3n) is 3.98. The highest BCUT2D eigenvalue weighted by atomic mass is 16.5. The van der Waals surface area contributed by atoms with E-state index in [4.69, 9.17) is 4.74 Å². The Bertz CT molecular complexity index is 555. The number of benzene rings is 1. The number of amides is 1. The molecule has 0 saturated carbocycles. The Hall–Kier alpha value is -2.04. The van der Waals surface area contributed by atoms with Crippen LogP contribution in [0.15, 0.2) is 12.1 Å². The van der Waals surface area contributed by atoms with Crippen molar-refractivity contribution >= 4 is 11.7 Å². The van der Waals surface area contributed by atoms with E-state index in [2.05, 4.69) is 12.2 Å². The minimum absolute atomic E-state index is 0.00177. The van der Waals surface area contributed by atoms with Gasteiger partial charge in [0.15, 0.2) is 17.3 Å². The van der Waals surface area contributed by atoms with Gasteiger partial charge in [-0.2, -0.15) is 0 Å². The number of unbranched alkanes of at least 4 members (excludes halogenated alkanes) is 5. The average molecular weight is 335 g/mol. The van der Waals surface area contributed by atoms with Gasteiger partial charge in [-0.05, 0) is 31.0 Å². The molecule has 0 heterocycles. The normalized spacial score (nSPS) is 10.5. The number of nitrogens with one attached hydrogen (secondary N) is 1. The summed E-state index contributed by atoms with van der Waals surface area (Å²) >= 11 is 0. The molecule has 1 rings (SSSR count). The fraction of sp³-hybridized carbons (Fsp3) is 0.579. The van der Waals surface area contributed by atoms with Crippen molar-refractivity contribution in [2.45, 2.75) is 65.3 Å². The molecule has 0 aromatic heterocycles. The van der Waals surface area contributed by atoms with E-state index in [0.717, 1.165) is 18.4 Å². The summed E-state index contributed by atoms with van der Waals surface area (Å²) in [7, 11) is 1.43. The minimum atomic E-state index is -0.244. The molecule has 0 aliphatic carbocycles. The molecular formula is C19H29NO4. The third kappa shape index (κ3) is 6.60. The Morgan fingerprint density at radius 3 is 2.42 bits per heavy atom. The molecule has 0 unspecified atom stereocenters. The molecule has 2 N–H and O–H groups in total. The van der Waals surface area contributed by atoms with Gasteiger partial charge in [0.1, 0.15) is 0 Å². The second kappa shape index (κ2) is 10.7. The first-order valence-electron chi connectivity index (χ1n) is 8.67. The van der Waals surface area contributed by atoms with Crippen LogP contribution in [-0.4, -0.2) is 23.9 Å². The predicted molar refractivity (Wildman–Crippen MR) is 94.5 cm³/mol. The molecule has 0 bridgehead atoms. The van der Waals surface area contributed by atoms with Crippen molar-refractivity contribution in [1.29, 1.82) is 0 Å². The largest absolute Gasteiger partial charge is 0.504 e. The van der Waals surface area contributed by atoms with Gasteiger partial charge in [0.25, 0.3) is 0 Å². The number of ether oxygens (including phenoxy) is 1. The molecule has 0 aliphatic heterocycles. The summed E-state index contributed by atoms with van der Waals surface area (Å²) in [4.78, 5) is 23.5. The van der Waals surface area contributed by atoms with E-state index in [0.29, 0.717) is 13.0 Å². The van der Waals surface area contributed by atoms with E-state index in [1.807, 2.05) is 0 Å². The molecule has 0 atom stereocenters. The van der Waals surface area contributed by atoms with Crippen molar-refractivity contribution in [3.8, 4) is 11.5 Å². The van der Waals surface area contributed by atoms with Gasteiger partial charge in [-0.3, -0.25) is 9.59 Å². The lowest BCUT2D eigenvalue weighted by Gasteiger charge is -2.11. The maximum absolute atomic E-state index is 11.9. The number of methoxy groups -OCH3 is 1. The van der Waals surface area contributed by atoms with Gasteiger partial charge < -0.3 is 15.2 Å². The Balaban J connectivity index is 2.47. The fourth-order valence-corrected chi connectivity index (χ4v) is 2.55. The number of carbonyl (C=O) groups excluding carboxylic acids is 2. The standard InChI is InChI=1S/C19H29NO4/c1-4-5-6-7-8-9-10-18(22)20-13-15-11-16(14(2)21)19(23)17(12-15)24-3/h11-12,23H,4-10,13H2,1-3H3,(H,20,22). The maximum atomic E-state index is 11.9. The monoisotopic (exact) mass is 335 g/mol. The van der Waals surface area contributed by atoms with Crippen molar-refractivity contribution in [1.82, 2.24) is 5.32 Å². The zero-order chi connectivity index (χ0) is 17.9. The lowest BCUT2D eigenvalue weighted by molar-refractivity contribution is -0.121. The van der Waals surface area contributed by atoms with E-state index in [9.17, 15) is 14.7 Å². The summed E-state index contributed by atoms with van der Waals surface area (Å²) in [5, 5.41) is 12.8. The number of hydrogen-bond acceptors (Lipinski definition) is 4. The summed E-state index contributed by atoms with van der Waals surface area (Å²) in [6, 6.07) is 3.22. The van der Waals surface area contributed by atoms with Gasteiger partial charge in [-0.1, -0.05) is 39.0 Å². The van der Waals surface area contributed by atoms with Crippen molar-refractivity contribution < 1.29 is 19.4 Å². The van der Waals surface area contributed by atoms with Crippen molar-refractivity contribution in [2.75, 3.05) is 7.11 Å². The molecule has 5 heteroatoms. The van der Waals surface area contributed by atoms with Crippen LogP contribution in [0.4, 0.5) is 0 Å². The first-order chi connectivity index (χ1) is 11.5. The molecule has 0 saturated heterocycles. The molecule has 134 valence electrons. The molecule has 0 fully saturated rings. The second-order valence-electron chi connectivity index (χ2n) is 6.04. The molecule has 0 spiro atoms. The number of rotatable bonds is 11. The quantitative estimate of drug-likeness (QED) is 0.474. The van der Waals surface area contributed by atoms with Crippen LogP contribution < -0.4 is 10.1 Å². The lowest BCUT2D eigenvalue weighted by atomic mass is 10.1. The highest BCUT2D eigenvalue weighted by Crippen LogP contribution is 2.31. The molecule has 1 aromatic rings. The summed E-state index contributed by atoms with van der Waals surface area (Å²) in [5.41, 5.74) is 0.931. The summed E-state index contributed by atoms with van der Waals surface area (Å²) in [6.45, 7) is 3.88. The van der Waals surface area contributed by atoms with Crippen LogP contribution in [0.2, 0.25) is 0 Å². The van der Waals surface area contributed by atoms with Gasteiger partial charge in [-0.25, -0.2) is 0 Å². The zero-order valence-electron chi connectivity index (χ0n) is 15.0. The highest BCUT2D eigenvalue weighted by molar-refractivity contribution is 5.97. The number of phenolic OH excluding ortho intramolecular Hbond substituents is 1. The third-order valence-corrected chi connectivity index (χ3v) is 3.98. The van der Waals surface area contributed by atoms with Crippen molar-refractivity contribution in [3.63, 3.8) is 0 Å². The van der Waals surface area contributed by atoms with Crippen molar-refractivity contribution in [3.05, 3.63) is 23.3 Å². The van der Waals surface area contributed by atoms with Crippen LogP contribution in [0.1, 0.15) is 74.7 Å². The van der Waals surface area contributed by atoms with Crippen molar-refractivity contribution in [2.24, 2.45) is 0 Å². The van der Waals surface area contributed by atoms with Gasteiger partial charge in [0.05, 0.1) is 12.7 Å². The Morgan fingerprint density at radius 1 is 1.12 bits per heavy atom. The fourth-order valence-electron chi connectivity index (χ4n) is 2.55. The van der Waals surface area contributed by atoms with Crippen LogP contribution in [0.3, 0.4) is 0 Å². The Kier molecular flexibility index (Phi) is 8.90. The lowest BCUT2D eigenvalue weighted by Crippen LogP contribution is -2.22. The number of aromatic hydroxyl groups is 1. The first-order valence-corrected chi connectivity index (χ1v) is 8.67. The van der Waals surface area contributed by atoms with Crippen LogP contribution in [0.25, 0.3) is 0 Å². The SMILES string of the molecule is CCCCCCCCC(=O)NCc1cc(OC)c(O)c(C(C)=O)c1. The van der Waals surface area contributed by atoms with Crippen LogP contribution in [0.5, 0.6) is 11.5 Å². The molecule has 24 heavy (non-hydrogen) atoms. The van der Waals surface area contributed by atoms with Gasteiger partial charge >= 0.3 is 0 Å². The van der Waals surface area contributed by atoms with Gasteiger partial charge in [0.2, 0.25) is 5.91 Å². The van der Waals surface area contributed by atoms with E-state index < -0.39 is 0 Å². The van der Waals surface area contributed by atoms with E-state index >= 15 is 0 Å². The second-order valence-corrected chi connectivity index (χ2v) is 6.04. The summed E-state index contributed by atoms with van der Waals surface area (Å²) < 4.78 is 5.08. The van der Waals surface area contributed by atoms with Gasteiger partial charge in [0, 0.05) is 13.0 Å². The molecule has 1 amide bonds. The Morgan fingerprint density at radius 2 is 1.79 bits per heavy atom. The minimum Gasteiger partial charge on any atom is -0.504 e. The van der Waals surface area contributed by atoms with Crippen LogP contribution >= 0.6 is 0 Å². The van der Waals surface area contributed by atoms with E-state index in [-0.39, 0.29) is 28.8 Å². The summed E-state index contributed by atoms with van der Waals surface area (Å²) in [6.07, 6.45) is 7.38. The average Bonchev–Trinajstić information content (AvgIpc) is 2.56. The molecule has 0 aliphatic rings. The molecule has 5 nitrogen and oxygen atoms in total. The topological polar surface area (TPSA) is 75.6 Å². The van der Waals surface area contributed by atoms with E-state index in [1.165, 1.54) is 39.7 Å². The van der Waals surface area contributed by atoms with E-state index in [1.54, 1.807) is 12.1 Å². The zero-order valence-corrected chi connectivity index (χ0v) is 15.0. The Labute approximate surface area is 144 Å². The predicted octanol–water partition coefficient (Wildman–Crippen LogP) is 3.97. The van der Waals surface area contributed by atoms with Crippen LogP contribution in [0, 0.1) is 0 Å². The smallest absolute Gasteiger partial charge is 0.220 e. The molecular weight excluding hydrogens is 306 g/mol. The maximum Gasteiger partial charge on any atom is 0.220 e. The summed E-state index contributed by atoms with van der Waals surface area (Å²) in [5.74, 6) is -0.164. The number of phenols is 1. The number of ketones is 1. The van der Waals surface area contributed by atoms with Gasteiger partial charge in [-0.15, -0.1) is 0 Å². The molecule has 0 radical (unpaired) electrons. The number of Topliss-reactive ketones (excluding diaryl/α,β-unsaturated/α-hetero) is 1. The number of hydrogen-bond donors (Lipinski definition) is 2. The molecule has 1 aromatic carbocycles. The van der Waals surface area contributed by atoms with Crippen LogP contribution in [-0.2, 0) is 11.3 Å². The number of carbonyl (C=O) groups is 2.